The van der Waals surface area contributed by atoms with E-state index < -0.39 is 0 Å². The molecule has 0 amide bonds. The first-order chi connectivity index (χ1) is 10.3. The van der Waals surface area contributed by atoms with Crippen LogP contribution in [-0.4, -0.2) is 20.7 Å². The van der Waals surface area contributed by atoms with Crippen LogP contribution >= 0.6 is 0 Å². The molecular formula is C17H22N4. The van der Waals surface area contributed by atoms with Crippen LogP contribution in [0.2, 0.25) is 0 Å². The summed E-state index contributed by atoms with van der Waals surface area (Å²) >= 11 is 0. The number of fused-ring (bicyclic) bond motifs is 1. The second-order valence-corrected chi connectivity index (χ2v) is 5.21. The Hall–Kier alpha value is -2.07. The number of aromatic nitrogens is 3. The lowest BCUT2D eigenvalue weighted by Crippen LogP contribution is -2.11. The quantitative estimate of drug-likeness (QED) is 0.754. The van der Waals surface area contributed by atoms with Gasteiger partial charge in [0.2, 0.25) is 0 Å². The van der Waals surface area contributed by atoms with Crippen molar-refractivity contribution in [2.45, 2.75) is 33.5 Å². The summed E-state index contributed by atoms with van der Waals surface area (Å²) in [6.45, 7) is 7.95. The highest BCUT2D eigenvalue weighted by Crippen LogP contribution is 2.22. The Labute approximate surface area is 125 Å². The van der Waals surface area contributed by atoms with Gasteiger partial charge >= 0.3 is 0 Å². The number of nitrogens with zero attached hydrogens (tertiary/aromatic N) is 3. The molecule has 0 fully saturated rings. The summed E-state index contributed by atoms with van der Waals surface area (Å²) in [6.07, 6.45) is 6.17. The first-order valence-corrected chi connectivity index (χ1v) is 7.61. The molecule has 0 spiro atoms. The molecule has 3 aromatic rings. The molecule has 2 heterocycles. The number of para-hydroxylation sites is 1. The molecule has 110 valence electrons. The number of benzene rings is 1. The van der Waals surface area contributed by atoms with Crippen molar-refractivity contribution in [3.8, 4) is 0 Å². The van der Waals surface area contributed by atoms with Gasteiger partial charge in [-0.3, -0.25) is 0 Å². The lowest BCUT2D eigenvalue weighted by molar-refractivity contribution is 0.658. The molecular weight excluding hydrogens is 260 g/mol. The number of imidazole rings is 1. The first-order valence-electron chi connectivity index (χ1n) is 7.61. The summed E-state index contributed by atoms with van der Waals surface area (Å²) in [5.41, 5.74) is 2.62. The molecule has 2 aromatic heterocycles. The fourth-order valence-electron chi connectivity index (χ4n) is 2.79. The maximum Gasteiger partial charge on any atom is 0.128 e. The number of hydrogen-bond acceptors (Lipinski definition) is 2. The summed E-state index contributed by atoms with van der Waals surface area (Å²) in [7, 11) is 0. The van der Waals surface area contributed by atoms with Gasteiger partial charge in [0.15, 0.2) is 0 Å². The van der Waals surface area contributed by atoms with Crippen LogP contribution in [0.1, 0.15) is 25.2 Å². The van der Waals surface area contributed by atoms with Crippen molar-refractivity contribution in [3.63, 3.8) is 0 Å². The Bertz CT molecular complexity index is 723. The van der Waals surface area contributed by atoms with Crippen LogP contribution < -0.4 is 5.32 Å². The zero-order valence-corrected chi connectivity index (χ0v) is 12.7. The molecule has 21 heavy (non-hydrogen) atoms. The first kappa shape index (κ1) is 13.9. The van der Waals surface area contributed by atoms with Crippen molar-refractivity contribution in [2.24, 2.45) is 0 Å². The average molecular weight is 282 g/mol. The van der Waals surface area contributed by atoms with Crippen LogP contribution in [0, 0.1) is 0 Å². The van der Waals surface area contributed by atoms with Gasteiger partial charge in [-0.1, -0.05) is 25.1 Å². The van der Waals surface area contributed by atoms with Crippen molar-refractivity contribution in [1.29, 1.82) is 0 Å². The third-order valence-electron chi connectivity index (χ3n) is 3.89. The van der Waals surface area contributed by atoms with Gasteiger partial charge in [0.1, 0.15) is 5.82 Å². The van der Waals surface area contributed by atoms with E-state index in [0.29, 0.717) is 0 Å². The van der Waals surface area contributed by atoms with Gasteiger partial charge in [-0.05, 0) is 25.1 Å². The number of hydrogen-bond donors (Lipinski definition) is 1. The minimum Gasteiger partial charge on any atom is -0.340 e. The average Bonchev–Trinajstić information content (AvgIpc) is 3.11. The second kappa shape index (κ2) is 6.14. The summed E-state index contributed by atoms with van der Waals surface area (Å²) in [6, 6.07) is 8.59. The summed E-state index contributed by atoms with van der Waals surface area (Å²) in [4.78, 5) is 4.49. The van der Waals surface area contributed by atoms with Crippen molar-refractivity contribution in [3.05, 3.63) is 54.2 Å². The van der Waals surface area contributed by atoms with Gasteiger partial charge in [-0.2, -0.15) is 0 Å². The van der Waals surface area contributed by atoms with E-state index in [-0.39, 0.29) is 0 Å². The van der Waals surface area contributed by atoms with E-state index in [4.69, 9.17) is 0 Å². The van der Waals surface area contributed by atoms with Crippen molar-refractivity contribution in [2.75, 3.05) is 6.54 Å². The third-order valence-corrected chi connectivity index (χ3v) is 3.89. The highest BCUT2D eigenvalue weighted by Gasteiger charge is 2.10. The van der Waals surface area contributed by atoms with E-state index in [1.807, 2.05) is 12.4 Å². The molecule has 4 nitrogen and oxygen atoms in total. The lowest BCUT2D eigenvalue weighted by Gasteiger charge is -2.07. The SMILES string of the molecule is CCNCc1cn(Cc2nccn2CC)c2ccccc12. The van der Waals surface area contributed by atoms with E-state index in [0.717, 1.165) is 32.0 Å². The fourth-order valence-corrected chi connectivity index (χ4v) is 2.79. The molecule has 0 saturated carbocycles. The molecule has 0 radical (unpaired) electrons. The zero-order valence-electron chi connectivity index (χ0n) is 12.7. The molecule has 0 aliphatic heterocycles. The Morgan fingerprint density at radius 2 is 2.00 bits per heavy atom. The second-order valence-electron chi connectivity index (χ2n) is 5.21. The predicted molar refractivity (Wildman–Crippen MR) is 86.3 cm³/mol. The van der Waals surface area contributed by atoms with Crippen LogP contribution in [0.15, 0.2) is 42.9 Å². The van der Waals surface area contributed by atoms with E-state index in [2.05, 4.69) is 63.7 Å². The Balaban J connectivity index is 1.98. The van der Waals surface area contributed by atoms with Crippen molar-refractivity contribution >= 4 is 10.9 Å². The Morgan fingerprint density at radius 3 is 2.81 bits per heavy atom. The van der Waals surface area contributed by atoms with Gasteiger partial charge in [0.25, 0.3) is 0 Å². The topological polar surface area (TPSA) is 34.8 Å². The minimum absolute atomic E-state index is 0.813. The van der Waals surface area contributed by atoms with Gasteiger partial charge in [0.05, 0.1) is 6.54 Å². The zero-order chi connectivity index (χ0) is 14.7. The molecule has 4 heteroatoms. The highest BCUT2D eigenvalue weighted by atomic mass is 15.1. The van der Waals surface area contributed by atoms with Crippen LogP contribution in [0.25, 0.3) is 10.9 Å². The van der Waals surface area contributed by atoms with E-state index >= 15 is 0 Å². The maximum atomic E-state index is 4.49. The van der Waals surface area contributed by atoms with Gasteiger partial charge in [-0.15, -0.1) is 0 Å². The smallest absolute Gasteiger partial charge is 0.128 e. The maximum absolute atomic E-state index is 4.49. The Kier molecular flexibility index (Phi) is 4.06. The molecule has 1 aromatic carbocycles. The summed E-state index contributed by atoms with van der Waals surface area (Å²) in [5.74, 6) is 1.10. The lowest BCUT2D eigenvalue weighted by atomic mass is 10.2. The fraction of sp³-hybridized carbons (Fsp3) is 0.353. The van der Waals surface area contributed by atoms with Crippen LogP contribution in [0.4, 0.5) is 0 Å². The molecule has 0 bridgehead atoms. The predicted octanol–water partition coefficient (Wildman–Crippen LogP) is 3.02. The molecule has 0 atom stereocenters. The molecule has 3 rings (SSSR count). The largest absolute Gasteiger partial charge is 0.340 e. The van der Waals surface area contributed by atoms with E-state index in [1.54, 1.807) is 0 Å². The number of nitrogens with one attached hydrogen (secondary N) is 1. The van der Waals surface area contributed by atoms with Crippen LogP contribution in [0.5, 0.6) is 0 Å². The molecule has 0 unspecified atom stereocenters. The molecule has 0 aliphatic rings. The van der Waals surface area contributed by atoms with Crippen molar-refractivity contribution < 1.29 is 0 Å². The molecule has 0 saturated heterocycles. The Morgan fingerprint density at radius 1 is 1.14 bits per heavy atom. The highest BCUT2D eigenvalue weighted by molar-refractivity contribution is 5.84. The van der Waals surface area contributed by atoms with Gasteiger partial charge in [-0.25, -0.2) is 4.98 Å². The van der Waals surface area contributed by atoms with E-state index in [9.17, 15) is 0 Å². The number of rotatable bonds is 6. The van der Waals surface area contributed by atoms with Crippen molar-refractivity contribution in [1.82, 2.24) is 19.4 Å². The monoisotopic (exact) mass is 282 g/mol. The van der Waals surface area contributed by atoms with Gasteiger partial charge < -0.3 is 14.5 Å². The third kappa shape index (κ3) is 2.72. The molecule has 0 aliphatic carbocycles. The van der Waals surface area contributed by atoms with Gasteiger partial charge in [0, 0.05) is 42.6 Å². The van der Waals surface area contributed by atoms with Crippen LogP contribution in [-0.2, 0) is 19.6 Å². The summed E-state index contributed by atoms with van der Waals surface area (Å²) in [5, 5.41) is 4.74. The minimum atomic E-state index is 0.813. The standard InChI is InChI=1S/C17H22N4/c1-3-18-11-14-12-21(16-8-6-5-7-15(14)16)13-17-19-9-10-20(17)4-2/h5-10,12,18H,3-4,11,13H2,1-2H3. The number of aryl methyl sites for hydroxylation is 1. The normalized spacial score (nSPS) is 11.3. The van der Waals surface area contributed by atoms with Crippen LogP contribution in [0.3, 0.4) is 0 Å². The summed E-state index contributed by atoms with van der Waals surface area (Å²) < 4.78 is 4.50. The molecule has 1 N–H and O–H groups in total. The van der Waals surface area contributed by atoms with E-state index in [1.165, 1.54) is 16.5 Å².